The van der Waals surface area contributed by atoms with E-state index in [1.54, 1.807) is 0 Å². The summed E-state index contributed by atoms with van der Waals surface area (Å²) in [4.78, 5) is 10.7. The first-order chi connectivity index (χ1) is 24.3. The Morgan fingerprint density at radius 1 is 0.429 bits per heavy atom. The van der Waals surface area contributed by atoms with E-state index < -0.39 is 0 Å². The number of hydrogen-bond donors (Lipinski definition) is 0. The van der Waals surface area contributed by atoms with E-state index in [1.807, 2.05) is 48.5 Å². The maximum atomic E-state index is 6.61. The predicted octanol–water partition coefficient (Wildman–Crippen LogP) is 11.9. The number of furan rings is 2. The van der Waals surface area contributed by atoms with Crippen molar-refractivity contribution in [3.05, 3.63) is 152 Å². The van der Waals surface area contributed by atoms with Crippen LogP contribution in [0.2, 0.25) is 0 Å². The minimum atomic E-state index is 0.586. The lowest BCUT2D eigenvalue weighted by atomic mass is 10.0. The van der Waals surface area contributed by atoms with Gasteiger partial charge in [0, 0.05) is 37.9 Å². The number of benzene rings is 7. The van der Waals surface area contributed by atoms with Crippen LogP contribution in [-0.4, -0.2) is 14.5 Å². The van der Waals surface area contributed by atoms with Gasteiger partial charge >= 0.3 is 0 Å². The second kappa shape index (κ2) is 9.89. The lowest BCUT2D eigenvalue weighted by molar-refractivity contribution is 0.670. The van der Waals surface area contributed by atoms with Crippen molar-refractivity contribution >= 4 is 76.6 Å². The Bertz CT molecular complexity index is 3110. The Labute approximate surface area is 279 Å². The Hall–Kier alpha value is -6.72. The first-order valence-corrected chi connectivity index (χ1v) is 16.4. The summed E-state index contributed by atoms with van der Waals surface area (Å²) >= 11 is 0. The fourth-order valence-electron chi connectivity index (χ4n) is 7.61. The van der Waals surface area contributed by atoms with Crippen molar-refractivity contribution in [3.8, 4) is 28.3 Å². The van der Waals surface area contributed by atoms with Crippen molar-refractivity contribution < 1.29 is 8.83 Å². The van der Waals surface area contributed by atoms with Crippen LogP contribution in [0.5, 0.6) is 0 Å². The molecule has 49 heavy (non-hydrogen) atoms. The van der Waals surface area contributed by atoms with Gasteiger partial charge in [-0.25, -0.2) is 9.97 Å². The van der Waals surface area contributed by atoms with Crippen LogP contribution in [0.1, 0.15) is 0 Å². The molecule has 0 amide bonds. The Morgan fingerprint density at radius 2 is 1.08 bits per heavy atom. The molecule has 5 nitrogen and oxygen atoms in total. The van der Waals surface area contributed by atoms with Gasteiger partial charge in [0.15, 0.2) is 0 Å². The minimum Gasteiger partial charge on any atom is -0.455 e. The molecule has 0 saturated heterocycles. The molecule has 0 aliphatic heterocycles. The van der Waals surface area contributed by atoms with Crippen LogP contribution < -0.4 is 0 Å². The summed E-state index contributed by atoms with van der Waals surface area (Å²) in [6.45, 7) is 0. The van der Waals surface area contributed by atoms with Gasteiger partial charge in [-0.3, -0.25) is 4.57 Å². The van der Waals surface area contributed by atoms with Gasteiger partial charge in [0.25, 0.3) is 0 Å². The van der Waals surface area contributed by atoms with Crippen LogP contribution in [0.4, 0.5) is 0 Å². The molecule has 0 unspecified atom stereocenters. The summed E-state index contributed by atoms with van der Waals surface area (Å²) in [5.41, 5.74) is 10.3. The van der Waals surface area contributed by atoms with Gasteiger partial charge in [-0.1, -0.05) is 109 Å². The van der Waals surface area contributed by atoms with Crippen LogP contribution in [-0.2, 0) is 0 Å². The van der Waals surface area contributed by atoms with E-state index in [9.17, 15) is 0 Å². The number of nitrogens with zero attached hydrogens (tertiary/aromatic N) is 3. The van der Waals surface area contributed by atoms with Gasteiger partial charge in [-0.05, 0) is 53.6 Å². The van der Waals surface area contributed by atoms with E-state index in [0.717, 1.165) is 99.0 Å². The molecule has 4 aromatic heterocycles. The van der Waals surface area contributed by atoms with Crippen molar-refractivity contribution in [2.45, 2.75) is 0 Å². The van der Waals surface area contributed by atoms with E-state index >= 15 is 0 Å². The molecule has 0 spiro atoms. The molecule has 228 valence electrons. The number of rotatable bonds is 3. The highest BCUT2D eigenvalue weighted by atomic mass is 16.3. The summed E-state index contributed by atoms with van der Waals surface area (Å²) in [5, 5.41) is 7.43. The largest absolute Gasteiger partial charge is 0.455 e. The molecule has 0 saturated carbocycles. The maximum absolute atomic E-state index is 6.61. The third kappa shape index (κ3) is 3.75. The number of hydrogen-bond acceptors (Lipinski definition) is 4. The van der Waals surface area contributed by atoms with Crippen molar-refractivity contribution in [3.63, 3.8) is 0 Å². The summed E-state index contributed by atoms with van der Waals surface area (Å²) in [5.74, 6) is 0.586. The Balaban J connectivity index is 1.27. The molecular weight excluding hydrogens is 603 g/mol. The molecule has 7 aromatic carbocycles. The van der Waals surface area contributed by atoms with Crippen LogP contribution in [0, 0.1) is 0 Å². The monoisotopic (exact) mass is 627 g/mol. The highest BCUT2D eigenvalue weighted by molar-refractivity contribution is 6.24. The molecule has 4 heterocycles. The lowest BCUT2D eigenvalue weighted by Gasteiger charge is -2.12. The fraction of sp³-hybridized carbons (Fsp3) is 0. The zero-order chi connectivity index (χ0) is 32.1. The molecule has 0 radical (unpaired) electrons. The standard InChI is InChI=1S/C44H25N3O2/c1-2-11-26(12-3-1)27-21-22-33-37(25-27)47(36-24-23-31-29-14-6-9-20-39(29)49-43(31)40(33)36)44-45-35-18-7-4-15-32(35)41(46-44)34-17-10-16-30-28-13-5-8-19-38(28)48-42(30)34/h1-25H. The topological polar surface area (TPSA) is 57.0 Å². The second-order valence-corrected chi connectivity index (χ2v) is 12.5. The third-order valence-electron chi connectivity index (χ3n) is 9.83. The first-order valence-electron chi connectivity index (χ1n) is 16.4. The molecule has 0 aliphatic rings. The highest BCUT2D eigenvalue weighted by Gasteiger charge is 2.23. The zero-order valence-electron chi connectivity index (χ0n) is 26.1. The summed E-state index contributed by atoms with van der Waals surface area (Å²) in [6.07, 6.45) is 0. The highest BCUT2D eigenvalue weighted by Crippen LogP contribution is 2.43. The van der Waals surface area contributed by atoms with E-state index in [4.69, 9.17) is 18.8 Å². The van der Waals surface area contributed by atoms with Gasteiger partial charge in [0.2, 0.25) is 5.95 Å². The Kier molecular flexibility index (Phi) is 5.32. The molecule has 11 aromatic rings. The van der Waals surface area contributed by atoms with E-state index in [2.05, 4.69) is 108 Å². The normalized spacial score (nSPS) is 12.1. The van der Waals surface area contributed by atoms with Crippen molar-refractivity contribution in [1.29, 1.82) is 0 Å². The lowest BCUT2D eigenvalue weighted by Crippen LogP contribution is -2.03. The smallest absolute Gasteiger partial charge is 0.235 e. The van der Waals surface area contributed by atoms with E-state index in [0.29, 0.717) is 5.95 Å². The summed E-state index contributed by atoms with van der Waals surface area (Å²) in [7, 11) is 0. The van der Waals surface area contributed by atoms with Crippen LogP contribution in [0.15, 0.2) is 160 Å². The number of aromatic nitrogens is 3. The van der Waals surface area contributed by atoms with Gasteiger partial charge in [-0.2, -0.15) is 0 Å². The quantitative estimate of drug-likeness (QED) is 0.196. The number of para-hydroxylation sites is 4. The average molecular weight is 628 g/mol. The van der Waals surface area contributed by atoms with Gasteiger partial charge in [-0.15, -0.1) is 0 Å². The van der Waals surface area contributed by atoms with Gasteiger partial charge in [0.05, 0.1) is 27.6 Å². The zero-order valence-corrected chi connectivity index (χ0v) is 26.1. The maximum Gasteiger partial charge on any atom is 0.235 e. The van der Waals surface area contributed by atoms with Gasteiger partial charge in [0.1, 0.15) is 22.3 Å². The minimum absolute atomic E-state index is 0.586. The predicted molar refractivity (Wildman–Crippen MR) is 199 cm³/mol. The third-order valence-corrected chi connectivity index (χ3v) is 9.83. The molecular formula is C44H25N3O2. The van der Waals surface area contributed by atoms with E-state index in [-0.39, 0.29) is 0 Å². The molecule has 0 bridgehead atoms. The van der Waals surface area contributed by atoms with Crippen LogP contribution >= 0.6 is 0 Å². The Morgan fingerprint density at radius 3 is 1.90 bits per heavy atom. The molecule has 5 heteroatoms. The van der Waals surface area contributed by atoms with Crippen LogP contribution in [0.3, 0.4) is 0 Å². The molecule has 0 N–H and O–H groups in total. The summed E-state index contributed by atoms with van der Waals surface area (Å²) in [6, 6.07) is 52.4. The van der Waals surface area contributed by atoms with E-state index in [1.165, 1.54) is 0 Å². The number of fused-ring (bicyclic) bond motifs is 11. The van der Waals surface area contributed by atoms with Crippen molar-refractivity contribution in [2.24, 2.45) is 0 Å². The fourth-order valence-corrected chi connectivity index (χ4v) is 7.61. The molecule has 11 rings (SSSR count). The van der Waals surface area contributed by atoms with Crippen molar-refractivity contribution in [1.82, 2.24) is 14.5 Å². The molecule has 0 atom stereocenters. The second-order valence-electron chi connectivity index (χ2n) is 12.5. The summed E-state index contributed by atoms with van der Waals surface area (Å²) < 4.78 is 15.3. The van der Waals surface area contributed by atoms with Crippen LogP contribution in [0.25, 0.3) is 105 Å². The SMILES string of the molecule is c1ccc(-c2ccc3c4c5oc6ccccc6c5ccc4n(-c4nc(-c5cccc6c5oc5ccccc56)c5ccccc5n4)c3c2)cc1. The first kappa shape index (κ1) is 26.4. The average Bonchev–Trinajstić information content (AvgIpc) is 3.84. The molecule has 0 aliphatic carbocycles. The molecule has 0 fully saturated rings. The van der Waals surface area contributed by atoms with Gasteiger partial charge < -0.3 is 8.83 Å². The van der Waals surface area contributed by atoms with Crippen molar-refractivity contribution in [2.75, 3.05) is 0 Å².